The lowest BCUT2D eigenvalue weighted by molar-refractivity contribution is 0.665. The molecule has 6 nitrogen and oxygen atoms in total. The molecule has 1 aromatic carbocycles. The van der Waals surface area contributed by atoms with Gasteiger partial charge in [0.25, 0.3) is 0 Å². The molecule has 0 radical (unpaired) electrons. The van der Waals surface area contributed by atoms with Crippen LogP contribution in [-0.2, 0) is 6.42 Å². The zero-order chi connectivity index (χ0) is 18.2. The number of aryl methyl sites for hydroxylation is 1. The van der Waals surface area contributed by atoms with Crippen molar-refractivity contribution in [3.05, 3.63) is 53.4 Å². The largest absolute Gasteiger partial charge is 0.346 e. The van der Waals surface area contributed by atoms with Crippen molar-refractivity contribution in [2.45, 2.75) is 32.2 Å². The van der Waals surface area contributed by atoms with E-state index in [0.717, 1.165) is 59.1 Å². The second-order valence-corrected chi connectivity index (χ2v) is 7.86. The summed E-state index contributed by atoms with van der Waals surface area (Å²) in [5.41, 5.74) is 1.03. The second-order valence-electron chi connectivity index (χ2n) is 6.74. The van der Waals surface area contributed by atoms with Gasteiger partial charge in [-0.3, -0.25) is 5.10 Å². The molecule has 1 unspecified atom stereocenters. The topological polar surface area (TPSA) is 70.6 Å². The van der Waals surface area contributed by atoms with Gasteiger partial charge in [-0.15, -0.1) is 11.3 Å². The van der Waals surface area contributed by atoms with Gasteiger partial charge >= 0.3 is 0 Å². The number of hydrogen-bond donors (Lipinski definition) is 1. The van der Waals surface area contributed by atoms with E-state index in [4.69, 9.17) is 4.98 Å². The Kier molecular flexibility index (Phi) is 4.09. The van der Waals surface area contributed by atoms with E-state index in [9.17, 15) is 0 Å². The van der Waals surface area contributed by atoms with Gasteiger partial charge in [0.05, 0.1) is 11.4 Å². The number of nitrogens with zero attached hydrogens (tertiary/aromatic N) is 5. The van der Waals surface area contributed by atoms with E-state index >= 15 is 0 Å². The molecule has 0 saturated carbocycles. The maximum absolute atomic E-state index is 4.79. The van der Waals surface area contributed by atoms with Gasteiger partial charge in [-0.25, -0.2) is 15.0 Å². The lowest BCUT2D eigenvalue weighted by atomic mass is 10.2. The van der Waals surface area contributed by atoms with Crippen molar-refractivity contribution in [1.82, 2.24) is 25.1 Å². The number of aromatic amines is 1. The number of hydrogen-bond acceptors (Lipinski definition) is 6. The third kappa shape index (κ3) is 2.88. The van der Waals surface area contributed by atoms with E-state index in [2.05, 4.69) is 38.1 Å². The van der Waals surface area contributed by atoms with Crippen LogP contribution in [-0.4, -0.2) is 31.7 Å². The van der Waals surface area contributed by atoms with Gasteiger partial charge in [-0.05, 0) is 25.3 Å². The maximum Gasteiger partial charge on any atom is 0.181 e. The quantitative estimate of drug-likeness (QED) is 0.572. The summed E-state index contributed by atoms with van der Waals surface area (Å²) >= 11 is 1.76. The second kappa shape index (κ2) is 6.74. The molecular formula is C20H20N6S. The van der Waals surface area contributed by atoms with Crippen LogP contribution in [0.25, 0.3) is 21.6 Å². The highest BCUT2D eigenvalue weighted by Gasteiger charge is 2.31. The number of rotatable bonds is 4. The number of benzene rings is 1. The molecule has 1 atom stereocenters. The zero-order valence-electron chi connectivity index (χ0n) is 15.1. The van der Waals surface area contributed by atoms with Crippen molar-refractivity contribution in [3.8, 4) is 11.4 Å². The van der Waals surface area contributed by atoms with Crippen LogP contribution in [0.1, 0.15) is 36.5 Å². The minimum Gasteiger partial charge on any atom is -0.346 e. The third-order valence-electron chi connectivity index (χ3n) is 5.08. The Morgan fingerprint density at radius 2 is 2.11 bits per heavy atom. The van der Waals surface area contributed by atoms with Crippen LogP contribution in [0.5, 0.6) is 0 Å². The molecule has 0 aliphatic carbocycles. The van der Waals surface area contributed by atoms with Gasteiger partial charge in [0.15, 0.2) is 5.82 Å². The van der Waals surface area contributed by atoms with Gasteiger partial charge in [-0.1, -0.05) is 37.3 Å². The molecule has 5 rings (SSSR count). The van der Waals surface area contributed by atoms with Gasteiger partial charge in [0, 0.05) is 17.0 Å². The molecule has 0 amide bonds. The first-order valence-electron chi connectivity index (χ1n) is 9.31. The molecule has 3 aromatic heterocycles. The average Bonchev–Trinajstić information content (AvgIpc) is 3.46. The number of H-pyrrole nitrogens is 1. The van der Waals surface area contributed by atoms with Crippen LogP contribution < -0.4 is 4.90 Å². The maximum atomic E-state index is 4.79. The van der Waals surface area contributed by atoms with E-state index in [1.54, 1.807) is 17.7 Å². The fourth-order valence-corrected chi connectivity index (χ4v) is 4.67. The predicted octanol–water partition coefficient (Wildman–Crippen LogP) is 4.38. The Balaban J connectivity index is 1.51. The molecule has 27 heavy (non-hydrogen) atoms. The van der Waals surface area contributed by atoms with Gasteiger partial charge < -0.3 is 4.90 Å². The summed E-state index contributed by atoms with van der Waals surface area (Å²) in [7, 11) is 0. The van der Waals surface area contributed by atoms with Gasteiger partial charge in [0.1, 0.15) is 22.8 Å². The van der Waals surface area contributed by atoms with Crippen molar-refractivity contribution in [2.75, 3.05) is 11.4 Å². The van der Waals surface area contributed by atoms with Crippen LogP contribution in [0.2, 0.25) is 0 Å². The summed E-state index contributed by atoms with van der Waals surface area (Å²) in [6.07, 6.45) is 4.85. The Hall–Kier alpha value is -2.80. The normalized spacial score (nSPS) is 17.1. The first-order valence-corrected chi connectivity index (χ1v) is 10.1. The van der Waals surface area contributed by atoms with Crippen molar-refractivity contribution >= 4 is 27.4 Å². The third-order valence-corrected chi connectivity index (χ3v) is 6.27. The number of nitrogens with one attached hydrogen (secondary N) is 1. The average molecular weight is 376 g/mol. The highest BCUT2D eigenvalue weighted by molar-refractivity contribution is 7.18. The standard InChI is InChI=1S/C20H20N6S/c1-2-14-11-15-19(21-12-22-20(15)27-14)26-10-6-9-16(26)18-23-17(24-25-18)13-7-4-3-5-8-13/h3-5,7-8,11-12,16H,2,6,9-10H2,1H3,(H,23,24,25). The summed E-state index contributed by atoms with van der Waals surface area (Å²) < 4.78 is 0. The molecule has 1 aliphatic rings. The number of fused-ring (bicyclic) bond motifs is 1. The Morgan fingerprint density at radius 1 is 1.22 bits per heavy atom. The SMILES string of the molecule is CCc1cc2c(N3CCCC3c3nc(-c4ccccc4)n[nH]3)ncnc2s1. The Labute approximate surface area is 161 Å². The van der Waals surface area contributed by atoms with E-state index in [1.165, 1.54) is 4.88 Å². The monoisotopic (exact) mass is 376 g/mol. The number of thiophene rings is 1. The van der Waals surface area contributed by atoms with Crippen LogP contribution >= 0.6 is 11.3 Å². The van der Waals surface area contributed by atoms with Crippen molar-refractivity contribution in [2.24, 2.45) is 0 Å². The van der Waals surface area contributed by atoms with Crippen molar-refractivity contribution < 1.29 is 0 Å². The first kappa shape index (κ1) is 16.4. The molecule has 4 heterocycles. The lowest BCUT2D eigenvalue weighted by Crippen LogP contribution is -2.24. The lowest BCUT2D eigenvalue weighted by Gasteiger charge is -2.24. The highest BCUT2D eigenvalue weighted by atomic mass is 32.1. The van der Waals surface area contributed by atoms with E-state index in [1.807, 2.05) is 30.3 Å². The summed E-state index contributed by atoms with van der Waals surface area (Å²) in [6, 6.07) is 12.5. The smallest absolute Gasteiger partial charge is 0.181 e. The van der Waals surface area contributed by atoms with Crippen LogP contribution in [0.3, 0.4) is 0 Å². The molecule has 0 spiro atoms. The Morgan fingerprint density at radius 3 is 2.96 bits per heavy atom. The molecule has 1 N–H and O–H groups in total. The predicted molar refractivity (Wildman–Crippen MR) is 108 cm³/mol. The summed E-state index contributed by atoms with van der Waals surface area (Å²) in [5.74, 6) is 2.66. The molecular weight excluding hydrogens is 356 g/mol. The fourth-order valence-electron chi connectivity index (χ4n) is 3.74. The number of anilines is 1. The minimum absolute atomic E-state index is 0.165. The molecule has 1 saturated heterocycles. The summed E-state index contributed by atoms with van der Waals surface area (Å²) in [5, 5.41) is 8.76. The van der Waals surface area contributed by atoms with E-state index in [-0.39, 0.29) is 6.04 Å². The van der Waals surface area contributed by atoms with Crippen molar-refractivity contribution in [3.63, 3.8) is 0 Å². The van der Waals surface area contributed by atoms with E-state index < -0.39 is 0 Å². The molecule has 1 fully saturated rings. The van der Waals surface area contributed by atoms with Crippen LogP contribution in [0.4, 0.5) is 5.82 Å². The van der Waals surface area contributed by atoms with Crippen molar-refractivity contribution in [1.29, 1.82) is 0 Å². The summed E-state index contributed by atoms with van der Waals surface area (Å²) in [6.45, 7) is 3.14. The summed E-state index contributed by atoms with van der Waals surface area (Å²) in [4.78, 5) is 18.6. The molecule has 0 bridgehead atoms. The first-order chi connectivity index (χ1) is 13.3. The Bertz CT molecular complexity index is 1070. The minimum atomic E-state index is 0.165. The van der Waals surface area contributed by atoms with Crippen LogP contribution in [0.15, 0.2) is 42.7 Å². The zero-order valence-corrected chi connectivity index (χ0v) is 15.9. The number of aromatic nitrogens is 5. The molecule has 4 aromatic rings. The van der Waals surface area contributed by atoms with Gasteiger partial charge in [-0.2, -0.15) is 5.10 Å². The molecule has 7 heteroatoms. The van der Waals surface area contributed by atoms with Crippen LogP contribution in [0, 0.1) is 0 Å². The van der Waals surface area contributed by atoms with E-state index in [0.29, 0.717) is 0 Å². The molecule has 1 aliphatic heterocycles. The highest BCUT2D eigenvalue weighted by Crippen LogP contribution is 2.38. The molecule has 136 valence electrons. The van der Waals surface area contributed by atoms with Gasteiger partial charge in [0.2, 0.25) is 0 Å². The fraction of sp³-hybridized carbons (Fsp3) is 0.300.